The first-order chi connectivity index (χ1) is 8.52. The molecule has 2 saturated heterocycles. The maximum Gasteiger partial charge on any atom is 0.318 e. The Morgan fingerprint density at radius 2 is 2.06 bits per heavy atom. The van der Waals surface area contributed by atoms with Gasteiger partial charge in [0, 0.05) is 6.42 Å². The summed E-state index contributed by atoms with van der Waals surface area (Å²) in [6, 6.07) is -1.26. The van der Waals surface area contributed by atoms with Crippen molar-refractivity contribution in [3.8, 4) is 0 Å². The number of ether oxygens (including phenoxy) is 2. The number of hydrogen-bond donors (Lipinski definition) is 2. The third kappa shape index (κ3) is 2.80. The number of likely N-dealkylation sites (tertiary alicyclic amines) is 1. The molecule has 1 spiro atoms. The SMILES string of the molecule is CC(C(=O)NC(N)=O)N1CCCC2(C1)OCCO2. The highest BCUT2D eigenvalue weighted by atomic mass is 16.7. The van der Waals surface area contributed by atoms with Crippen LogP contribution in [-0.4, -0.2) is 55.0 Å². The monoisotopic (exact) mass is 257 g/mol. The largest absolute Gasteiger partial charge is 0.351 e. The highest BCUT2D eigenvalue weighted by Crippen LogP contribution is 2.30. The molecular formula is C11H19N3O4. The number of urea groups is 1. The molecule has 1 unspecified atom stereocenters. The molecule has 0 radical (unpaired) electrons. The molecule has 7 heteroatoms. The average Bonchev–Trinajstić information content (AvgIpc) is 2.75. The van der Waals surface area contributed by atoms with Crippen LogP contribution in [0, 0.1) is 0 Å². The summed E-state index contributed by atoms with van der Waals surface area (Å²) in [5, 5.41) is 2.10. The van der Waals surface area contributed by atoms with Crippen molar-refractivity contribution >= 4 is 11.9 Å². The predicted octanol–water partition coefficient (Wildman–Crippen LogP) is -0.591. The minimum Gasteiger partial charge on any atom is -0.351 e. The van der Waals surface area contributed by atoms with E-state index in [1.165, 1.54) is 0 Å². The zero-order valence-electron chi connectivity index (χ0n) is 10.5. The van der Waals surface area contributed by atoms with Gasteiger partial charge in [0.2, 0.25) is 5.91 Å². The van der Waals surface area contributed by atoms with Crippen LogP contribution in [0.1, 0.15) is 19.8 Å². The summed E-state index contributed by atoms with van der Waals surface area (Å²) in [4.78, 5) is 24.3. The van der Waals surface area contributed by atoms with Crippen molar-refractivity contribution in [3.05, 3.63) is 0 Å². The molecule has 2 heterocycles. The summed E-state index contributed by atoms with van der Waals surface area (Å²) >= 11 is 0. The fourth-order valence-corrected chi connectivity index (χ4v) is 2.47. The van der Waals surface area contributed by atoms with Crippen molar-refractivity contribution in [2.24, 2.45) is 5.73 Å². The molecule has 3 N–H and O–H groups in total. The van der Waals surface area contributed by atoms with Gasteiger partial charge in [0.05, 0.1) is 25.8 Å². The predicted molar refractivity (Wildman–Crippen MR) is 62.6 cm³/mol. The second kappa shape index (κ2) is 5.21. The highest BCUT2D eigenvalue weighted by Gasteiger charge is 2.42. The van der Waals surface area contributed by atoms with Gasteiger partial charge in [0.25, 0.3) is 0 Å². The fraction of sp³-hybridized carbons (Fsp3) is 0.818. The molecule has 102 valence electrons. The van der Waals surface area contributed by atoms with Crippen LogP contribution >= 0.6 is 0 Å². The van der Waals surface area contributed by atoms with E-state index in [0.29, 0.717) is 19.8 Å². The Kier molecular flexibility index (Phi) is 3.84. The minimum absolute atomic E-state index is 0.391. The number of imide groups is 1. The van der Waals surface area contributed by atoms with Gasteiger partial charge >= 0.3 is 6.03 Å². The Bertz CT molecular complexity index is 341. The standard InChI is InChI=1S/C11H19N3O4/c1-8(9(15)13-10(12)16)14-4-2-3-11(7-14)17-5-6-18-11/h8H,2-7H2,1H3,(H3,12,13,15,16). The molecule has 7 nitrogen and oxygen atoms in total. The number of nitrogens with one attached hydrogen (secondary N) is 1. The summed E-state index contributed by atoms with van der Waals surface area (Å²) in [6.07, 6.45) is 1.74. The number of nitrogens with two attached hydrogens (primary N) is 1. The molecule has 2 fully saturated rings. The molecule has 18 heavy (non-hydrogen) atoms. The van der Waals surface area contributed by atoms with Gasteiger partial charge in [-0.3, -0.25) is 15.0 Å². The first kappa shape index (κ1) is 13.3. The minimum atomic E-state index is -0.827. The summed E-state index contributed by atoms with van der Waals surface area (Å²) in [5.74, 6) is -0.961. The van der Waals surface area contributed by atoms with Crippen LogP contribution in [0.5, 0.6) is 0 Å². The van der Waals surface area contributed by atoms with Gasteiger partial charge in [-0.2, -0.15) is 0 Å². The molecule has 2 aliphatic heterocycles. The lowest BCUT2D eigenvalue weighted by atomic mass is 10.0. The molecule has 0 aromatic heterocycles. The van der Waals surface area contributed by atoms with Gasteiger partial charge in [0.1, 0.15) is 0 Å². The molecule has 2 rings (SSSR count). The van der Waals surface area contributed by atoms with Crippen LogP contribution in [0.3, 0.4) is 0 Å². The van der Waals surface area contributed by atoms with E-state index >= 15 is 0 Å². The number of carbonyl (C=O) groups excluding carboxylic acids is 2. The van der Waals surface area contributed by atoms with Crippen molar-refractivity contribution in [2.45, 2.75) is 31.6 Å². The summed E-state index contributed by atoms with van der Waals surface area (Å²) < 4.78 is 11.3. The van der Waals surface area contributed by atoms with E-state index in [-0.39, 0.29) is 0 Å². The quantitative estimate of drug-likeness (QED) is 0.689. The molecule has 0 bridgehead atoms. The summed E-state index contributed by atoms with van der Waals surface area (Å²) in [6.45, 7) is 4.25. The molecule has 0 aromatic carbocycles. The van der Waals surface area contributed by atoms with Crippen LogP contribution in [0.2, 0.25) is 0 Å². The zero-order valence-corrected chi connectivity index (χ0v) is 10.5. The third-order valence-electron chi connectivity index (χ3n) is 3.43. The molecule has 0 saturated carbocycles. The lowest BCUT2D eigenvalue weighted by Crippen LogP contribution is -2.56. The Hall–Kier alpha value is -1.18. The topological polar surface area (TPSA) is 93.9 Å². The Balaban J connectivity index is 1.95. The fourth-order valence-electron chi connectivity index (χ4n) is 2.47. The van der Waals surface area contributed by atoms with Crippen molar-refractivity contribution in [1.82, 2.24) is 10.2 Å². The first-order valence-electron chi connectivity index (χ1n) is 6.15. The third-order valence-corrected chi connectivity index (χ3v) is 3.43. The van der Waals surface area contributed by atoms with Crippen LogP contribution in [0.15, 0.2) is 0 Å². The number of primary amides is 1. The highest BCUT2D eigenvalue weighted by molar-refractivity contribution is 5.96. The van der Waals surface area contributed by atoms with E-state index < -0.39 is 23.8 Å². The number of carbonyl (C=O) groups is 2. The van der Waals surface area contributed by atoms with E-state index in [9.17, 15) is 9.59 Å². The van der Waals surface area contributed by atoms with Crippen LogP contribution in [0.25, 0.3) is 0 Å². The second-order valence-corrected chi connectivity index (χ2v) is 4.71. The summed E-state index contributed by atoms with van der Waals surface area (Å²) in [7, 11) is 0. The van der Waals surface area contributed by atoms with Crippen molar-refractivity contribution in [1.29, 1.82) is 0 Å². The van der Waals surface area contributed by atoms with E-state index in [1.807, 2.05) is 4.90 Å². The van der Waals surface area contributed by atoms with Gasteiger partial charge < -0.3 is 15.2 Å². The maximum absolute atomic E-state index is 11.7. The molecule has 0 aromatic rings. The molecule has 2 aliphatic rings. The van der Waals surface area contributed by atoms with Gasteiger partial charge in [-0.1, -0.05) is 0 Å². The lowest BCUT2D eigenvalue weighted by Gasteiger charge is -2.40. The molecule has 1 atom stereocenters. The maximum atomic E-state index is 11.7. The number of rotatable bonds is 2. The van der Waals surface area contributed by atoms with Crippen molar-refractivity contribution in [2.75, 3.05) is 26.3 Å². The Morgan fingerprint density at radius 1 is 1.39 bits per heavy atom. The van der Waals surface area contributed by atoms with Gasteiger partial charge in [-0.15, -0.1) is 0 Å². The summed E-state index contributed by atoms with van der Waals surface area (Å²) in [5.41, 5.74) is 4.94. The van der Waals surface area contributed by atoms with Gasteiger partial charge in [0.15, 0.2) is 5.79 Å². The van der Waals surface area contributed by atoms with Crippen LogP contribution < -0.4 is 11.1 Å². The molecule has 3 amide bonds. The zero-order chi connectivity index (χ0) is 13.2. The molecule has 0 aliphatic carbocycles. The molecular weight excluding hydrogens is 238 g/mol. The smallest absolute Gasteiger partial charge is 0.318 e. The Labute approximate surface area is 106 Å². The van der Waals surface area contributed by atoms with Gasteiger partial charge in [-0.25, -0.2) is 4.79 Å². The van der Waals surface area contributed by atoms with Crippen LogP contribution in [0.4, 0.5) is 4.79 Å². The number of amides is 3. The number of nitrogens with zero attached hydrogens (tertiary/aromatic N) is 1. The van der Waals surface area contributed by atoms with E-state index in [0.717, 1.165) is 19.4 Å². The lowest BCUT2D eigenvalue weighted by molar-refractivity contribution is -0.193. The first-order valence-corrected chi connectivity index (χ1v) is 6.15. The number of piperidine rings is 1. The number of hydrogen-bond acceptors (Lipinski definition) is 5. The second-order valence-electron chi connectivity index (χ2n) is 4.71. The van der Waals surface area contributed by atoms with Crippen molar-refractivity contribution in [3.63, 3.8) is 0 Å². The van der Waals surface area contributed by atoms with Crippen LogP contribution in [-0.2, 0) is 14.3 Å². The van der Waals surface area contributed by atoms with E-state index in [2.05, 4.69) is 5.32 Å². The van der Waals surface area contributed by atoms with E-state index in [1.54, 1.807) is 6.92 Å². The normalized spacial score (nSPS) is 24.9. The Morgan fingerprint density at radius 3 is 2.67 bits per heavy atom. The van der Waals surface area contributed by atoms with Gasteiger partial charge in [-0.05, 0) is 19.9 Å². The average molecular weight is 257 g/mol. The van der Waals surface area contributed by atoms with E-state index in [4.69, 9.17) is 15.2 Å². The van der Waals surface area contributed by atoms with Crippen molar-refractivity contribution < 1.29 is 19.1 Å².